The van der Waals surface area contributed by atoms with Crippen molar-refractivity contribution >= 4 is 5.91 Å². The number of ether oxygens (including phenoxy) is 1. The molecule has 0 aromatic heterocycles. The second kappa shape index (κ2) is 5.89. The fourth-order valence-electron chi connectivity index (χ4n) is 3.63. The van der Waals surface area contributed by atoms with Crippen molar-refractivity contribution in [3.05, 3.63) is 35.9 Å². The summed E-state index contributed by atoms with van der Waals surface area (Å²) in [7, 11) is 0. The van der Waals surface area contributed by atoms with E-state index in [1.54, 1.807) is 0 Å². The Hall–Kier alpha value is -1.43. The third kappa shape index (κ3) is 2.77. The van der Waals surface area contributed by atoms with E-state index in [-0.39, 0.29) is 24.7 Å². The minimum atomic E-state index is -0.618. The number of carbonyl (C=O) groups is 1. The Morgan fingerprint density at radius 2 is 2.00 bits per heavy atom. The van der Waals surface area contributed by atoms with E-state index in [1.165, 1.54) is 12.8 Å². The quantitative estimate of drug-likeness (QED) is 0.868. The van der Waals surface area contributed by atoms with Crippen LogP contribution in [-0.2, 0) is 9.53 Å². The van der Waals surface area contributed by atoms with Crippen LogP contribution >= 0.6 is 0 Å². The molecule has 5 nitrogen and oxygen atoms in total. The molecule has 124 valence electrons. The molecule has 23 heavy (non-hydrogen) atoms. The van der Waals surface area contributed by atoms with Crippen LogP contribution < -0.4 is 5.32 Å². The van der Waals surface area contributed by atoms with Crippen molar-refractivity contribution in [3.8, 4) is 0 Å². The van der Waals surface area contributed by atoms with Crippen LogP contribution in [0.5, 0.6) is 0 Å². The number of aliphatic hydroxyl groups is 1. The summed E-state index contributed by atoms with van der Waals surface area (Å²) in [4.78, 5) is 14.9. The first-order valence-electron chi connectivity index (χ1n) is 8.53. The van der Waals surface area contributed by atoms with E-state index in [9.17, 15) is 9.90 Å². The minimum absolute atomic E-state index is 0.0664. The highest BCUT2D eigenvalue weighted by Gasteiger charge is 2.49. The molecule has 2 N–H and O–H groups in total. The maximum absolute atomic E-state index is 13.0. The Labute approximate surface area is 136 Å². The Morgan fingerprint density at radius 1 is 1.26 bits per heavy atom. The molecule has 0 spiro atoms. The van der Waals surface area contributed by atoms with E-state index in [0.717, 1.165) is 5.56 Å². The Balaban J connectivity index is 1.55. The van der Waals surface area contributed by atoms with Crippen LogP contribution in [0.1, 0.15) is 24.5 Å². The van der Waals surface area contributed by atoms with Crippen LogP contribution in [-0.4, -0.2) is 54.8 Å². The zero-order chi connectivity index (χ0) is 15.9. The van der Waals surface area contributed by atoms with Gasteiger partial charge in [0.25, 0.3) is 0 Å². The van der Waals surface area contributed by atoms with Gasteiger partial charge in [0, 0.05) is 19.6 Å². The monoisotopic (exact) mass is 316 g/mol. The average Bonchev–Trinajstić information content (AvgIpc) is 3.40. The molecule has 2 aliphatic heterocycles. The SMILES string of the molecule is O=C(N1C[C@@H](c2ccccc2)O[C@@H](C2CC2)C1)C1(CO)CNC1. The zero-order valence-corrected chi connectivity index (χ0v) is 13.3. The van der Waals surface area contributed by atoms with Crippen LogP contribution in [0.15, 0.2) is 30.3 Å². The van der Waals surface area contributed by atoms with Crippen molar-refractivity contribution in [2.75, 3.05) is 32.8 Å². The molecule has 3 fully saturated rings. The van der Waals surface area contributed by atoms with Gasteiger partial charge in [-0.1, -0.05) is 30.3 Å². The molecule has 1 aliphatic carbocycles. The second-order valence-electron chi connectivity index (χ2n) is 7.16. The lowest BCUT2D eigenvalue weighted by Gasteiger charge is -2.46. The molecule has 4 rings (SSSR count). The smallest absolute Gasteiger partial charge is 0.233 e. The van der Waals surface area contributed by atoms with Crippen molar-refractivity contribution in [1.82, 2.24) is 10.2 Å². The van der Waals surface area contributed by atoms with E-state index in [4.69, 9.17) is 4.74 Å². The molecule has 0 bridgehead atoms. The van der Waals surface area contributed by atoms with Crippen LogP contribution in [0.4, 0.5) is 0 Å². The summed E-state index contributed by atoms with van der Waals surface area (Å²) in [5, 5.41) is 12.8. The number of morpholine rings is 1. The van der Waals surface area contributed by atoms with Crippen molar-refractivity contribution in [2.24, 2.45) is 11.3 Å². The fourth-order valence-corrected chi connectivity index (χ4v) is 3.63. The van der Waals surface area contributed by atoms with E-state index in [1.807, 2.05) is 23.1 Å². The lowest BCUT2D eigenvalue weighted by Crippen LogP contribution is -2.65. The summed E-state index contributed by atoms with van der Waals surface area (Å²) >= 11 is 0. The predicted molar refractivity (Wildman–Crippen MR) is 85.7 cm³/mol. The highest BCUT2D eigenvalue weighted by molar-refractivity contribution is 5.84. The molecule has 1 aromatic rings. The minimum Gasteiger partial charge on any atom is -0.395 e. The number of carbonyl (C=O) groups excluding carboxylic acids is 1. The van der Waals surface area contributed by atoms with Crippen LogP contribution in [0, 0.1) is 11.3 Å². The van der Waals surface area contributed by atoms with Gasteiger partial charge in [-0.15, -0.1) is 0 Å². The van der Waals surface area contributed by atoms with Crippen LogP contribution in [0.2, 0.25) is 0 Å². The summed E-state index contributed by atoms with van der Waals surface area (Å²) in [5.74, 6) is 0.662. The van der Waals surface area contributed by atoms with Crippen molar-refractivity contribution in [2.45, 2.75) is 25.0 Å². The molecule has 1 saturated carbocycles. The van der Waals surface area contributed by atoms with Crippen LogP contribution in [0.3, 0.4) is 0 Å². The highest BCUT2D eigenvalue weighted by atomic mass is 16.5. The first kappa shape index (κ1) is 15.1. The van der Waals surface area contributed by atoms with Gasteiger partial charge in [-0.05, 0) is 24.3 Å². The highest BCUT2D eigenvalue weighted by Crippen LogP contribution is 2.40. The number of benzene rings is 1. The normalized spacial score (nSPS) is 29.9. The van der Waals surface area contributed by atoms with Gasteiger partial charge in [0.2, 0.25) is 5.91 Å². The number of aliphatic hydroxyl groups excluding tert-OH is 1. The average molecular weight is 316 g/mol. The number of amides is 1. The van der Waals surface area contributed by atoms with Crippen molar-refractivity contribution < 1.29 is 14.6 Å². The summed E-state index contributed by atoms with van der Waals surface area (Å²) in [6.45, 7) is 2.30. The summed E-state index contributed by atoms with van der Waals surface area (Å²) in [6, 6.07) is 10.1. The molecule has 2 heterocycles. The Kier molecular flexibility index (Phi) is 3.87. The summed E-state index contributed by atoms with van der Waals surface area (Å²) < 4.78 is 6.30. The predicted octanol–water partition coefficient (Wildman–Crippen LogP) is 0.947. The van der Waals surface area contributed by atoms with E-state index >= 15 is 0 Å². The number of hydrogen-bond acceptors (Lipinski definition) is 4. The Bertz CT molecular complexity index is 563. The first-order chi connectivity index (χ1) is 11.2. The third-order valence-corrected chi connectivity index (χ3v) is 5.42. The first-order valence-corrected chi connectivity index (χ1v) is 8.53. The van der Waals surface area contributed by atoms with Crippen molar-refractivity contribution in [3.63, 3.8) is 0 Å². The number of nitrogens with one attached hydrogen (secondary N) is 1. The molecule has 5 heteroatoms. The van der Waals surface area contributed by atoms with E-state index < -0.39 is 5.41 Å². The van der Waals surface area contributed by atoms with Gasteiger partial charge < -0.3 is 20.1 Å². The number of nitrogens with zero attached hydrogens (tertiary/aromatic N) is 1. The lowest BCUT2D eigenvalue weighted by molar-refractivity contribution is -0.163. The van der Waals surface area contributed by atoms with Gasteiger partial charge in [-0.3, -0.25) is 4.79 Å². The largest absolute Gasteiger partial charge is 0.395 e. The molecule has 2 atom stereocenters. The standard InChI is InChI=1S/C18H24N2O3/c21-12-18(10-19-11-18)17(22)20-8-15(13-4-2-1-3-5-13)23-16(9-20)14-6-7-14/h1-5,14-16,19,21H,6-12H2/t15-,16+/m0/s1. The van der Waals surface area contributed by atoms with Gasteiger partial charge in [-0.25, -0.2) is 0 Å². The summed E-state index contributed by atoms with van der Waals surface area (Å²) in [6.07, 6.45) is 2.45. The number of rotatable bonds is 4. The lowest BCUT2D eigenvalue weighted by atomic mass is 9.80. The molecular formula is C18H24N2O3. The van der Waals surface area contributed by atoms with Gasteiger partial charge in [0.1, 0.15) is 6.10 Å². The van der Waals surface area contributed by atoms with E-state index in [2.05, 4.69) is 17.4 Å². The van der Waals surface area contributed by atoms with E-state index in [0.29, 0.717) is 32.1 Å². The molecule has 0 radical (unpaired) electrons. The maximum Gasteiger partial charge on any atom is 0.233 e. The van der Waals surface area contributed by atoms with Gasteiger partial charge in [0.15, 0.2) is 0 Å². The topological polar surface area (TPSA) is 61.8 Å². The Morgan fingerprint density at radius 3 is 2.57 bits per heavy atom. The third-order valence-electron chi connectivity index (χ3n) is 5.42. The maximum atomic E-state index is 13.0. The second-order valence-corrected chi connectivity index (χ2v) is 7.16. The van der Waals surface area contributed by atoms with Gasteiger partial charge >= 0.3 is 0 Å². The zero-order valence-electron chi connectivity index (χ0n) is 13.3. The van der Waals surface area contributed by atoms with Crippen LogP contribution in [0.25, 0.3) is 0 Å². The molecule has 1 aromatic carbocycles. The van der Waals surface area contributed by atoms with Gasteiger partial charge in [0.05, 0.1) is 24.7 Å². The molecule has 1 amide bonds. The molecular weight excluding hydrogens is 292 g/mol. The fraction of sp³-hybridized carbons (Fsp3) is 0.611. The van der Waals surface area contributed by atoms with Crippen molar-refractivity contribution in [1.29, 1.82) is 0 Å². The molecule has 0 unspecified atom stereocenters. The summed E-state index contributed by atoms with van der Waals surface area (Å²) in [5.41, 5.74) is 0.507. The molecule has 2 saturated heterocycles. The van der Waals surface area contributed by atoms with Gasteiger partial charge in [-0.2, -0.15) is 0 Å². The molecule has 3 aliphatic rings. The number of hydrogen-bond donors (Lipinski definition) is 2.